The van der Waals surface area contributed by atoms with Crippen LogP contribution in [-0.2, 0) is 4.74 Å². The molecule has 2 heterocycles. The molecule has 1 saturated carbocycles. The Hall–Kier alpha value is -2.91. The van der Waals surface area contributed by atoms with Gasteiger partial charge < -0.3 is 31.6 Å². The molecule has 1 amide bonds. The summed E-state index contributed by atoms with van der Waals surface area (Å²) in [6, 6.07) is 7.74. The third kappa shape index (κ3) is 5.62. The second-order valence-electron chi connectivity index (χ2n) is 7.97. The Kier molecular flexibility index (Phi) is 6.83. The standard InChI is InChI=1S/C22H30N6O3/c23-9-2-10-31-17-4-1-3-16(13-17)26-22-19(20(24)29)27-18(14-5-6-14)21(28-22)25-15-7-11-30-12-8-15/h1,3-4,13-15H,2,5-12,23H2,(H2,24,29)(H2,25,26,28). The number of benzene rings is 1. The fraction of sp³-hybridized carbons (Fsp3) is 0.500. The molecule has 0 unspecified atom stereocenters. The van der Waals surface area contributed by atoms with Crippen molar-refractivity contribution in [1.29, 1.82) is 0 Å². The Morgan fingerprint density at radius 1 is 1.16 bits per heavy atom. The van der Waals surface area contributed by atoms with Crippen LogP contribution < -0.4 is 26.8 Å². The van der Waals surface area contributed by atoms with E-state index in [2.05, 4.69) is 15.6 Å². The summed E-state index contributed by atoms with van der Waals surface area (Å²) in [6.45, 7) is 2.57. The molecule has 1 saturated heterocycles. The summed E-state index contributed by atoms with van der Waals surface area (Å²) in [6.07, 6.45) is 4.69. The minimum absolute atomic E-state index is 0.147. The van der Waals surface area contributed by atoms with Gasteiger partial charge in [0.2, 0.25) is 0 Å². The van der Waals surface area contributed by atoms with Crippen LogP contribution >= 0.6 is 0 Å². The van der Waals surface area contributed by atoms with Gasteiger partial charge in [0.05, 0.1) is 12.3 Å². The number of nitrogens with two attached hydrogens (primary N) is 2. The molecule has 0 radical (unpaired) electrons. The average molecular weight is 427 g/mol. The highest BCUT2D eigenvalue weighted by atomic mass is 16.5. The maximum absolute atomic E-state index is 12.2. The molecule has 1 aromatic heterocycles. The molecule has 1 aliphatic heterocycles. The van der Waals surface area contributed by atoms with Crippen molar-refractivity contribution in [2.45, 2.75) is 44.1 Å². The van der Waals surface area contributed by atoms with Gasteiger partial charge in [-0.25, -0.2) is 9.97 Å². The number of carbonyl (C=O) groups is 1. The van der Waals surface area contributed by atoms with Gasteiger partial charge in [-0.15, -0.1) is 0 Å². The van der Waals surface area contributed by atoms with Gasteiger partial charge in [-0.1, -0.05) is 6.07 Å². The topological polar surface area (TPSA) is 137 Å². The zero-order valence-corrected chi connectivity index (χ0v) is 17.6. The third-order valence-corrected chi connectivity index (χ3v) is 5.40. The summed E-state index contributed by atoms with van der Waals surface area (Å²) >= 11 is 0. The molecule has 2 fully saturated rings. The van der Waals surface area contributed by atoms with Crippen molar-refractivity contribution in [2.24, 2.45) is 11.5 Å². The molecule has 0 bridgehead atoms. The van der Waals surface area contributed by atoms with Gasteiger partial charge in [-0.3, -0.25) is 4.79 Å². The molecule has 4 rings (SSSR count). The van der Waals surface area contributed by atoms with E-state index in [4.69, 9.17) is 25.9 Å². The van der Waals surface area contributed by atoms with Crippen LogP contribution in [0.2, 0.25) is 0 Å². The van der Waals surface area contributed by atoms with Gasteiger partial charge in [0.25, 0.3) is 5.91 Å². The minimum atomic E-state index is -0.607. The lowest BCUT2D eigenvalue weighted by molar-refractivity contribution is 0.0903. The number of aromatic nitrogens is 2. The maximum Gasteiger partial charge on any atom is 0.271 e. The summed E-state index contributed by atoms with van der Waals surface area (Å²) in [7, 11) is 0. The Morgan fingerprint density at radius 3 is 2.68 bits per heavy atom. The monoisotopic (exact) mass is 426 g/mol. The highest BCUT2D eigenvalue weighted by Crippen LogP contribution is 2.43. The largest absolute Gasteiger partial charge is 0.493 e. The van der Waals surface area contributed by atoms with Crippen molar-refractivity contribution in [3.05, 3.63) is 35.7 Å². The summed E-state index contributed by atoms with van der Waals surface area (Å²) < 4.78 is 11.2. The first-order valence-corrected chi connectivity index (χ1v) is 10.9. The first kappa shape index (κ1) is 21.3. The Morgan fingerprint density at radius 2 is 1.97 bits per heavy atom. The molecule has 166 valence electrons. The van der Waals surface area contributed by atoms with E-state index in [1.54, 1.807) is 0 Å². The number of carbonyl (C=O) groups excluding carboxylic acids is 1. The van der Waals surface area contributed by atoms with E-state index in [0.717, 1.165) is 62.5 Å². The van der Waals surface area contributed by atoms with Gasteiger partial charge in [0.15, 0.2) is 17.3 Å². The molecule has 1 aromatic carbocycles. The lowest BCUT2D eigenvalue weighted by Crippen LogP contribution is -2.29. The molecule has 0 spiro atoms. The van der Waals surface area contributed by atoms with Crippen LogP contribution in [0.15, 0.2) is 24.3 Å². The number of nitrogens with zero attached hydrogens (tertiary/aromatic N) is 2. The van der Waals surface area contributed by atoms with Crippen LogP contribution in [0, 0.1) is 0 Å². The van der Waals surface area contributed by atoms with Gasteiger partial charge in [-0.2, -0.15) is 0 Å². The van der Waals surface area contributed by atoms with E-state index >= 15 is 0 Å². The number of primary amides is 1. The number of hydrogen-bond acceptors (Lipinski definition) is 8. The smallest absolute Gasteiger partial charge is 0.271 e. The van der Waals surface area contributed by atoms with Crippen LogP contribution in [0.5, 0.6) is 5.75 Å². The molecular formula is C22H30N6O3. The van der Waals surface area contributed by atoms with Gasteiger partial charge >= 0.3 is 0 Å². The molecule has 31 heavy (non-hydrogen) atoms. The lowest BCUT2D eigenvalue weighted by Gasteiger charge is -2.25. The molecule has 0 atom stereocenters. The first-order chi connectivity index (χ1) is 15.1. The summed E-state index contributed by atoms with van der Waals surface area (Å²) in [5.74, 6) is 1.48. The van der Waals surface area contributed by atoms with Crippen molar-refractivity contribution in [3.8, 4) is 5.75 Å². The lowest BCUT2D eigenvalue weighted by atomic mass is 10.1. The fourth-order valence-electron chi connectivity index (χ4n) is 3.56. The first-order valence-electron chi connectivity index (χ1n) is 10.9. The fourth-order valence-corrected chi connectivity index (χ4v) is 3.56. The van der Waals surface area contributed by atoms with Crippen molar-refractivity contribution >= 4 is 23.2 Å². The Bertz CT molecular complexity index is 912. The zero-order chi connectivity index (χ0) is 21.6. The summed E-state index contributed by atoms with van der Waals surface area (Å²) in [5.41, 5.74) is 12.9. The number of hydrogen-bond donors (Lipinski definition) is 4. The Labute approximate surface area is 181 Å². The van der Waals surface area contributed by atoms with E-state index in [9.17, 15) is 4.79 Å². The van der Waals surface area contributed by atoms with Crippen molar-refractivity contribution in [1.82, 2.24) is 9.97 Å². The van der Waals surface area contributed by atoms with Crippen molar-refractivity contribution in [3.63, 3.8) is 0 Å². The van der Waals surface area contributed by atoms with Crippen molar-refractivity contribution in [2.75, 3.05) is 37.0 Å². The van der Waals surface area contributed by atoms with Crippen LogP contribution in [0.4, 0.5) is 17.3 Å². The molecular weight excluding hydrogens is 396 g/mol. The molecule has 9 heteroatoms. The van der Waals surface area contributed by atoms with Crippen LogP contribution in [0.1, 0.15) is 54.2 Å². The zero-order valence-electron chi connectivity index (χ0n) is 17.6. The van der Waals surface area contributed by atoms with Crippen LogP contribution in [-0.4, -0.2) is 48.3 Å². The second-order valence-corrected chi connectivity index (χ2v) is 7.97. The van der Waals surface area contributed by atoms with Gasteiger partial charge in [0.1, 0.15) is 5.75 Å². The number of ether oxygens (including phenoxy) is 2. The van der Waals surface area contributed by atoms with E-state index in [1.165, 1.54) is 0 Å². The predicted octanol–water partition coefficient (Wildman–Crippen LogP) is 2.51. The molecule has 2 aliphatic rings. The normalized spacial score (nSPS) is 16.7. The maximum atomic E-state index is 12.2. The number of anilines is 3. The number of nitrogens with one attached hydrogen (secondary N) is 2. The minimum Gasteiger partial charge on any atom is -0.493 e. The number of rotatable bonds is 10. The second kappa shape index (κ2) is 9.93. The molecule has 6 N–H and O–H groups in total. The van der Waals surface area contributed by atoms with Gasteiger partial charge in [0, 0.05) is 36.9 Å². The van der Waals surface area contributed by atoms with Gasteiger partial charge in [-0.05, 0) is 50.8 Å². The quantitative estimate of drug-likeness (QED) is 0.425. The highest BCUT2D eigenvalue weighted by molar-refractivity contribution is 5.96. The molecule has 1 aliphatic carbocycles. The summed E-state index contributed by atoms with van der Waals surface area (Å²) in [5, 5.41) is 6.73. The summed E-state index contributed by atoms with van der Waals surface area (Å²) in [4.78, 5) is 21.6. The molecule has 9 nitrogen and oxygen atoms in total. The Balaban J connectivity index is 1.60. The van der Waals surface area contributed by atoms with Crippen molar-refractivity contribution < 1.29 is 14.3 Å². The van der Waals surface area contributed by atoms with E-state index in [1.807, 2.05) is 24.3 Å². The van der Waals surface area contributed by atoms with E-state index < -0.39 is 5.91 Å². The average Bonchev–Trinajstić information content (AvgIpc) is 3.60. The van der Waals surface area contributed by atoms with Crippen LogP contribution in [0.3, 0.4) is 0 Å². The highest BCUT2D eigenvalue weighted by Gasteiger charge is 2.32. The SMILES string of the molecule is NCCCOc1cccc(Nc2nc(NC3CCOCC3)c(C3CC3)nc2C(N)=O)c1. The third-order valence-electron chi connectivity index (χ3n) is 5.40. The molecule has 2 aromatic rings. The predicted molar refractivity (Wildman–Crippen MR) is 119 cm³/mol. The van der Waals surface area contributed by atoms with E-state index in [-0.39, 0.29) is 11.7 Å². The van der Waals surface area contributed by atoms with Crippen LogP contribution in [0.25, 0.3) is 0 Å². The van der Waals surface area contributed by atoms with E-state index in [0.29, 0.717) is 30.6 Å². The number of amides is 1.